The van der Waals surface area contributed by atoms with Crippen molar-refractivity contribution in [2.45, 2.75) is 0 Å². The van der Waals surface area contributed by atoms with Gasteiger partial charge in [-0.3, -0.25) is 24.2 Å². The zero-order valence-electron chi connectivity index (χ0n) is 13.7. The van der Waals surface area contributed by atoms with E-state index in [9.17, 15) is 19.2 Å². The lowest BCUT2D eigenvalue weighted by atomic mass is 10.1. The minimum absolute atomic E-state index is 0.0329. The van der Waals surface area contributed by atoms with Gasteiger partial charge in [-0.15, -0.1) is 0 Å². The summed E-state index contributed by atoms with van der Waals surface area (Å²) in [4.78, 5) is 50.3. The van der Waals surface area contributed by atoms with Gasteiger partial charge in [0.05, 0.1) is 18.1 Å². The Kier molecular flexibility index (Phi) is 3.88. The number of urea groups is 1. The maximum absolute atomic E-state index is 12.6. The summed E-state index contributed by atoms with van der Waals surface area (Å²) in [6.45, 7) is 0. The molecule has 0 unspecified atom stereocenters. The second kappa shape index (κ2) is 5.90. The minimum Gasteiger partial charge on any atom is -0.497 e. The second-order valence-electron chi connectivity index (χ2n) is 5.45. The molecule has 0 N–H and O–H groups in total. The van der Waals surface area contributed by atoms with Crippen molar-refractivity contribution in [1.82, 2.24) is 9.80 Å². The number of imide groups is 2. The molecule has 1 aliphatic heterocycles. The number of benzene rings is 1. The third-order valence-corrected chi connectivity index (χ3v) is 3.95. The summed E-state index contributed by atoms with van der Waals surface area (Å²) in [5.74, 6) is -1.02. The summed E-state index contributed by atoms with van der Waals surface area (Å²) in [6.07, 6.45) is 2.30. The van der Waals surface area contributed by atoms with E-state index in [1.165, 1.54) is 27.3 Å². The maximum atomic E-state index is 12.6. The van der Waals surface area contributed by atoms with Crippen LogP contribution in [-0.4, -0.2) is 48.9 Å². The Balaban J connectivity index is 2.13. The van der Waals surface area contributed by atoms with Gasteiger partial charge in [-0.05, 0) is 18.2 Å². The Morgan fingerprint density at radius 3 is 2.28 bits per heavy atom. The molecular weight excluding hydrogens is 328 g/mol. The molecule has 0 radical (unpaired) electrons. The Bertz CT molecular complexity index is 978. The SMILES string of the molecule is COc1ccc2c(=O)c(C=C3C(=O)N(C)C(=O)N(C)C3=O)coc2c1. The highest BCUT2D eigenvalue weighted by molar-refractivity contribution is 6.30. The molecule has 0 spiro atoms. The maximum Gasteiger partial charge on any atom is 0.333 e. The van der Waals surface area contributed by atoms with Gasteiger partial charge in [-0.1, -0.05) is 0 Å². The van der Waals surface area contributed by atoms with E-state index in [1.807, 2.05) is 0 Å². The van der Waals surface area contributed by atoms with E-state index in [1.54, 1.807) is 12.1 Å². The number of ether oxygens (including phenoxy) is 1. The average molecular weight is 342 g/mol. The molecule has 1 aliphatic rings. The van der Waals surface area contributed by atoms with Crippen molar-refractivity contribution < 1.29 is 23.5 Å². The number of carbonyl (C=O) groups excluding carboxylic acids is 3. The van der Waals surface area contributed by atoms with Crippen LogP contribution in [0.15, 0.2) is 39.2 Å². The number of nitrogens with zero attached hydrogens (tertiary/aromatic N) is 2. The van der Waals surface area contributed by atoms with E-state index in [4.69, 9.17) is 9.15 Å². The number of methoxy groups -OCH3 is 1. The van der Waals surface area contributed by atoms with Crippen LogP contribution in [0, 0.1) is 0 Å². The van der Waals surface area contributed by atoms with Crippen molar-refractivity contribution in [2.75, 3.05) is 21.2 Å². The number of likely N-dealkylation sites (N-methyl/N-ethyl adjacent to an activating group) is 2. The van der Waals surface area contributed by atoms with Crippen molar-refractivity contribution in [2.24, 2.45) is 0 Å². The van der Waals surface area contributed by atoms with E-state index < -0.39 is 23.3 Å². The number of carbonyl (C=O) groups is 3. The highest BCUT2D eigenvalue weighted by Crippen LogP contribution is 2.21. The number of rotatable bonds is 2. The second-order valence-corrected chi connectivity index (χ2v) is 5.45. The van der Waals surface area contributed by atoms with Gasteiger partial charge >= 0.3 is 6.03 Å². The molecule has 0 saturated carbocycles. The van der Waals surface area contributed by atoms with Gasteiger partial charge in [-0.25, -0.2) is 4.79 Å². The van der Waals surface area contributed by atoms with Crippen LogP contribution in [0.1, 0.15) is 5.56 Å². The summed E-state index contributed by atoms with van der Waals surface area (Å²) >= 11 is 0. The predicted octanol–water partition coefficient (Wildman–Crippen LogP) is 1.24. The quantitative estimate of drug-likeness (QED) is 0.602. The average Bonchev–Trinajstić information content (AvgIpc) is 2.63. The molecule has 8 heteroatoms. The summed E-state index contributed by atoms with van der Waals surface area (Å²) in [7, 11) is 4.01. The number of hydrogen-bond acceptors (Lipinski definition) is 6. The summed E-state index contributed by atoms with van der Waals surface area (Å²) in [5, 5.41) is 0.281. The molecule has 3 rings (SSSR count). The zero-order valence-corrected chi connectivity index (χ0v) is 13.7. The Morgan fingerprint density at radius 1 is 1.04 bits per heavy atom. The lowest BCUT2D eigenvalue weighted by molar-refractivity contribution is -0.134. The van der Waals surface area contributed by atoms with Crippen molar-refractivity contribution in [3.05, 3.63) is 45.8 Å². The molecule has 8 nitrogen and oxygen atoms in total. The molecule has 4 amide bonds. The molecule has 0 bridgehead atoms. The lowest BCUT2D eigenvalue weighted by Gasteiger charge is -2.28. The van der Waals surface area contributed by atoms with Crippen molar-refractivity contribution in [3.8, 4) is 5.75 Å². The number of amides is 4. The van der Waals surface area contributed by atoms with Crippen LogP contribution in [-0.2, 0) is 9.59 Å². The lowest BCUT2D eigenvalue weighted by Crippen LogP contribution is -2.53. The standard InChI is InChI=1S/C17H14N2O6/c1-18-15(21)12(16(22)19(2)17(18)23)6-9-8-25-13-7-10(24-3)4-5-11(13)14(9)20/h4-8H,1-3H3. The molecule has 0 atom stereocenters. The van der Waals surface area contributed by atoms with Crippen molar-refractivity contribution >= 4 is 34.9 Å². The first kappa shape index (κ1) is 16.4. The molecule has 1 fully saturated rings. The van der Waals surface area contributed by atoms with Gasteiger partial charge in [-0.2, -0.15) is 0 Å². The van der Waals surface area contributed by atoms with Gasteiger partial charge in [0.2, 0.25) is 0 Å². The Morgan fingerprint density at radius 2 is 1.68 bits per heavy atom. The fourth-order valence-corrected chi connectivity index (χ4v) is 2.48. The molecule has 1 aromatic carbocycles. The Labute approximate surface area is 141 Å². The van der Waals surface area contributed by atoms with Crippen LogP contribution >= 0.6 is 0 Å². The van der Waals surface area contributed by atoms with Crippen molar-refractivity contribution in [3.63, 3.8) is 0 Å². The van der Waals surface area contributed by atoms with E-state index >= 15 is 0 Å². The van der Waals surface area contributed by atoms with E-state index in [0.717, 1.165) is 22.1 Å². The predicted molar refractivity (Wildman–Crippen MR) is 87.9 cm³/mol. The third kappa shape index (κ3) is 2.57. The molecule has 25 heavy (non-hydrogen) atoms. The molecule has 0 aliphatic carbocycles. The largest absolute Gasteiger partial charge is 0.497 e. The molecule has 2 aromatic rings. The first-order valence-electron chi connectivity index (χ1n) is 7.26. The fourth-order valence-electron chi connectivity index (χ4n) is 2.48. The van der Waals surface area contributed by atoms with E-state index in [-0.39, 0.29) is 16.5 Å². The number of barbiturate groups is 1. The molecule has 2 heterocycles. The Hall–Kier alpha value is -3.42. The zero-order chi connectivity index (χ0) is 18.3. The van der Waals surface area contributed by atoms with Gasteiger partial charge in [0.15, 0.2) is 5.43 Å². The molecular formula is C17H14N2O6. The monoisotopic (exact) mass is 342 g/mol. The first-order chi connectivity index (χ1) is 11.8. The minimum atomic E-state index is -0.776. The normalized spacial score (nSPS) is 15.2. The fraction of sp³-hybridized carbons (Fsp3) is 0.176. The van der Waals surface area contributed by atoms with Gasteiger partial charge in [0.1, 0.15) is 23.2 Å². The van der Waals surface area contributed by atoms with Crippen LogP contribution in [0.25, 0.3) is 17.0 Å². The summed E-state index contributed by atoms with van der Waals surface area (Å²) in [6, 6.07) is 3.97. The van der Waals surface area contributed by atoms with Crippen LogP contribution in [0.3, 0.4) is 0 Å². The molecule has 1 aromatic heterocycles. The van der Waals surface area contributed by atoms with E-state index in [0.29, 0.717) is 11.3 Å². The van der Waals surface area contributed by atoms with E-state index in [2.05, 4.69) is 0 Å². The van der Waals surface area contributed by atoms with Gasteiger partial charge in [0.25, 0.3) is 11.8 Å². The molecule has 128 valence electrons. The smallest absolute Gasteiger partial charge is 0.333 e. The highest BCUT2D eigenvalue weighted by Gasteiger charge is 2.37. The number of fused-ring (bicyclic) bond motifs is 1. The third-order valence-electron chi connectivity index (χ3n) is 3.95. The highest BCUT2D eigenvalue weighted by atomic mass is 16.5. The summed E-state index contributed by atoms with van der Waals surface area (Å²) < 4.78 is 10.5. The number of hydrogen-bond donors (Lipinski definition) is 0. The van der Waals surface area contributed by atoms with Crippen molar-refractivity contribution in [1.29, 1.82) is 0 Å². The van der Waals surface area contributed by atoms with Crippen LogP contribution in [0.5, 0.6) is 5.75 Å². The van der Waals surface area contributed by atoms with Crippen LogP contribution < -0.4 is 10.2 Å². The van der Waals surface area contributed by atoms with Crippen LogP contribution in [0.4, 0.5) is 4.79 Å². The van der Waals surface area contributed by atoms with Gasteiger partial charge in [0, 0.05) is 20.2 Å². The topological polar surface area (TPSA) is 97.1 Å². The van der Waals surface area contributed by atoms with Gasteiger partial charge < -0.3 is 9.15 Å². The van der Waals surface area contributed by atoms with Crippen LogP contribution in [0.2, 0.25) is 0 Å². The summed E-state index contributed by atoms with van der Waals surface area (Å²) in [5.41, 5.74) is -0.341. The molecule has 1 saturated heterocycles. The first-order valence-corrected chi connectivity index (χ1v) is 7.26.